The van der Waals surface area contributed by atoms with E-state index in [1.54, 1.807) is 11.6 Å². The number of halogens is 2. The van der Waals surface area contributed by atoms with Crippen molar-refractivity contribution in [3.05, 3.63) is 33.0 Å². The zero-order chi connectivity index (χ0) is 12.7. The fourth-order valence-electron chi connectivity index (χ4n) is 1.62. The maximum absolute atomic E-state index is 6.12. The molecule has 0 aromatic carbocycles. The van der Waals surface area contributed by atoms with Crippen LogP contribution < -0.4 is 0 Å². The summed E-state index contributed by atoms with van der Waals surface area (Å²) in [5, 5.41) is 5.45. The van der Waals surface area contributed by atoms with Crippen LogP contribution in [0.2, 0.25) is 10.2 Å². The Morgan fingerprint density at radius 3 is 2.18 bits per heavy atom. The van der Waals surface area contributed by atoms with Crippen molar-refractivity contribution in [3.63, 3.8) is 0 Å². The molecule has 0 aliphatic rings. The van der Waals surface area contributed by atoms with Gasteiger partial charge in [-0.3, -0.25) is 0 Å². The van der Waals surface area contributed by atoms with Gasteiger partial charge in [-0.2, -0.15) is 5.10 Å². The van der Waals surface area contributed by atoms with Gasteiger partial charge in [0.2, 0.25) is 0 Å². The molecule has 0 unspecified atom stereocenters. The SMILES string of the molecule is Cc1nc(Cl)c(C)c(-n2nc(C)c(Cl)c2C)n1. The third-order valence-electron chi connectivity index (χ3n) is 2.58. The Balaban J connectivity index is 2.72. The number of aromatic nitrogens is 4. The molecule has 6 heteroatoms. The van der Waals surface area contributed by atoms with Crippen molar-refractivity contribution in [1.82, 2.24) is 19.7 Å². The molecule has 2 heterocycles. The molecule has 0 aliphatic heterocycles. The highest BCUT2D eigenvalue weighted by molar-refractivity contribution is 6.32. The van der Waals surface area contributed by atoms with Gasteiger partial charge in [0.1, 0.15) is 11.0 Å². The van der Waals surface area contributed by atoms with Crippen LogP contribution in [0.5, 0.6) is 0 Å². The minimum Gasteiger partial charge on any atom is -0.221 e. The molecule has 0 N–H and O–H groups in total. The quantitative estimate of drug-likeness (QED) is 0.748. The molecule has 2 aromatic rings. The van der Waals surface area contributed by atoms with Crippen LogP contribution >= 0.6 is 23.2 Å². The van der Waals surface area contributed by atoms with Gasteiger partial charge in [-0.1, -0.05) is 23.2 Å². The Morgan fingerprint density at radius 2 is 1.65 bits per heavy atom. The number of nitrogens with zero attached hydrogens (tertiary/aromatic N) is 4. The molecule has 90 valence electrons. The molecular formula is C11H12Cl2N4. The lowest BCUT2D eigenvalue weighted by Crippen LogP contribution is -2.07. The molecule has 0 saturated carbocycles. The van der Waals surface area contributed by atoms with Crippen molar-refractivity contribution in [3.8, 4) is 5.82 Å². The first-order valence-corrected chi connectivity index (χ1v) is 5.90. The first-order chi connectivity index (χ1) is 7.91. The molecule has 0 spiro atoms. The lowest BCUT2D eigenvalue weighted by molar-refractivity contribution is 0.784. The predicted octanol–water partition coefficient (Wildman–Crippen LogP) is 3.20. The molecule has 2 aromatic heterocycles. The van der Waals surface area contributed by atoms with Gasteiger partial charge >= 0.3 is 0 Å². The van der Waals surface area contributed by atoms with E-state index in [0.29, 0.717) is 21.8 Å². The van der Waals surface area contributed by atoms with Gasteiger partial charge < -0.3 is 0 Å². The Morgan fingerprint density at radius 1 is 1.00 bits per heavy atom. The van der Waals surface area contributed by atoms with E-state index in [2.05, 4.69) is 15.1 Å². The number of hydrogen-bond donors (Lipinski definition) is 0. The monoisotopic (exact) mass is 270 g/mol. The molecule has 0 fully saturated rings. The zero-order valence-electron chi connectivity index (χ0n) is 10.0. The second-order valence-electron chi connectivity index (χ2n) is 3.91. The van der Waals surface area contributed by atoms with Crippen LogP contribution in [0.15, 0.2) is 0 Å². The first kappa shape index (κ1) is 12.3. The van der Waals surface area contributed by atoms with Crippen LogP contribution in [0.25, 0.3) is 5.82 Å². The topological polar surface area (TPSA) is 43.6 Å². The Kier molecular flexibility index (Phi) is 3.10. The molecule has 0 radical (unpaired) electrons. The summed E-state index contributed by atoms with van der Waals surface area (Å²) in [5.74, 6) is 1.29. The summed E-state index contributed by atoms with van der Waals surface area (Å²) in [6.07, 6.45) is 0. The molecule has 17 heavy (non-hydrogen) atoms. The molecule has 4 nitrogen and oxygen atoms in total. The van der Waals surface area contributed by atoms with E-state index >= 15 is 0 Å². The lowest BCUT2D eigenvalue weighted by atomic mass is 10.3. The largest absolute Gasteiger partial charge is 0.221 e. The second kappa shape index (κ2) is 4.27. The van der Waals surface area contributed by atoms with Gasteiger partial charge in [0, 0.05) is 5.56 Å². The second-order valence-corrected chi connectivity index (χ2v) is 4.64. The molecule has 0 saturated heterocycles. The number of rotatable bonds is 1. The molecular weight excluding hydrogens is 259 g/mol. The standard InChI is InChI=1S/C11H12Cl2N4/c1-5-10(13)14-8(4)15-11(5)17-7(3)9(12)6(2)16-17/h1-4H3. The molecule has 0 amide bonds. The zero-order valence-corrected chi connectivity index (χ0v) is 11.6. The maximum Gasteiger partial charge on any atom is 0.161 e. The fourth-order valence-corrected chi connectivity index (χ4v) is 1.94. The van der Waals surface area contributed by atoms with Gasteiger partial charge in [-0.25, -0.2) is 14.6 Å². The van der Waals surface area contributed by atoms with Crippen molar-refractivity contribution in [1.29, 1.82) is 0 Å². The van der Waals surface area contributed by atoms with Crippen LogP contribution in [0.1, 0.15) is 22.8 Å². The van der Waals surface area contributed by atoms with E-state index in [4.69, 9.17) is 23.2 Å². The minimum absolute atomic E-state index is 0.441. The van der Waals surface area contributed by atoms with Gasteiger partial charge in [0.05, 0.1) is 16.4 Å². The highest BCUT2D eigenvalue weighted by Crippen LogP contribution is 2.25. The third-order valence-corrected chi connectivity index (χ3v) is 3.49. The van der Waals surface area contributed by atoms with E-state index in [9.17, 15) is 0 Å². The van der Waals surface area contributed by atoms with Crippen LogP contribution in [0.3, 0.4) is 0 Å². The third kappa shape index (κ3) is 2.03. The summed E-state index contributed by atoms with van der Waals surface area (Å²) in [7, 11) is 0. The van der Waals surface area contributed by atoms with E-state index in [1.807, 2.05) is 20.8 Å². The first-order valence-electron chi connectivity index (χ1n) is 5.14. The summed E-state index contributed by atoms with van der Waals surface area (Å²) in [5.41, 5.74) is 2.41. The lowest BCUT2D eigenvalue weighted by Gasteiger charge is -2.08. The van der Waals surface area contributed by atoms with Gasteiger partial charge in [0.15, 0.2) is 5.82 Å². The Hall–Kier alpha value is -1.13. The predicted molar refractivity (Wildman–Crippen MR) is 68.1 cm³/mol. The molecule has 2 rings (SSSR count). The van der Waals surface area contributed by atoms with Crippen molar-refractivity contribution in [2.45, 2.75) is 27.7 Å². The van der Waals surface area contributed by atoms with Crippen LogP contribution in [-0.4, -0.2) is 19.7 Å². The van der Waals surface area contributed by atoms with E-state index in [0.717, 1.165) is 17.0 Å². The summed E-state index contributed by atoms with van der Waals surface area (Å²) in [6.45, 7) is 7.41. The highest BCUT2D eigenvalue weighted by atomic mass is 35.5. The van der Waals surface area contributed by atoms with Gasteiger partial charge in [0.25, 0.3) is 0 Å². The maximum atomic E-state index is 6.12. The van der Waals surface area contributed by atoms with Crippen LogP contribution in [0, 0.1) is 27.7 Å². The average Bonchev–Trinajstić information content (AvgIpc) is 2.51. The summed E-state index contributed by atoms with van der Waals surface area (Å²) in [4.78, 5) is 8.46. The van der Waals surface area contributed by atoms with E-state index in [1.165, 1.54) is 0 Å². The summed E-state index contributed by atoms with van der Waals surface area (Å²) < 4.78 is 1.70. The number of aryl methyl sites for hydroxylation is 2. The smallest absolute Gasteiger partial charge is 0.161 e. The Labute approximate surface area is 110 Å². The number of hydrogen-bond acceptors (Lipinski definition) is 3. The normalized spacial score (nSPS) is 10.9. The van der Waals surface area contributed by atoms with Crippen LogP contribution in [0.4, 0.5) is 0 Å². The molecule has 0 atom stereocenters. The van der Waals surface area contributed by atoms with E-state index < -0.39 is 0 Å². The van der Waals surface area contributed by atoms with Crippen molar-refractivity contribution >= 4 is 23.2 Å². The van der Waals surface area contributed by atoms with Gasteiger partial charge in [-0.15, -0.1) is 0 Å². The molecule has 0 bridgehead atoms. The highest BCUT2D eigenvalue weighted by Gasteiger charge is 2.15. The summed E-state index contributed by atoms with van der Waals surface area (Å²) >= 11 is 12.2. The molecule has 0 aliphatic carbocycles. The Bertz CT molecular complexity index is 590. The summed E-state index contributed by atoms with van der Waals surface area (Å²) in [6, 6.07) is 0. The van der Waals surface area contributed by atoms with Crippen molar-refractivity contribution in [2.24, 2.45) is 0 Å². The van der Waals surface area contributed by atoms with Crippen molar-refractivity contribution < 1.29 is 0 Å². The van der Waals surface area contributed by atoms with E-state index in [-0.39, 0.29) is 0 Å². The van der Waals surface area contributed by atoms with Crippen LogP contribution in [-0.2, 0) is 0 Å². The average molecular weight is 271 g/mol. The fraction of sp³-hybridized carbons (Fsp3) is 0.364. The minimum atomic E-state index is 0.441. The van der Waals surface area contributed by atoms with Crippen molar-refractivity contribution in [2.75, 3.05) is 0 Å². The van der Waals surface area contributed by atoms with Gasteiger partial charge in [-0.05, 0) is 27.7 Å².